The fourth-order valence-electron chi connectivity index (χ4n) is 4.29. The van der Waals surface area contributed by atoms with Crippen LogP contribution in [0.2, 0.25) is 5.02 Å². The Balaban J connectivity index is 1.57. The molecule has 1 aromatic carbocycles. The van der Waals surface area contributed by atoms with Crippen LogP contribution in [0.4, 0.5) is 0 Å². The SMILES string of the molecule is CC1CCC(NC(=O)[C@@H]2c3cccn3CC(=O)N2Cc2ccc(Cl)cc2)CC1. The summed E-state index contributed by atoms with van der Waals surface area (Å²) in [4.78, 5) is 27.8. The van der Waals surface area contributed by atoms with Gasteiger partial charge in [-0.2, -0.15) is 0 Å². The lowest BCUT2D eigenvalue weighted by Crippen LogP contribution is -2.50. The van der Waals surface area contributed by atoms with Crippen molar-refractivity contribution in [3.05, 3.63) is 58.9 Å². The molecule has 0 spiro atoms. The molecule has 1 aliphatic carbocycles. The van der Waals surface area contributed by atoms with Crippen molar-refractivity contribution in [2.24, 2.45) is 5.92 Å². The maximum Gasteiger partial charge on any atom is 0.249 e. The predicted octanol–water partition coefficient (Wildman–Crippen LogP) is 3.92. The van der Waals surface area contributed by atoms with Gasteiger partial charge >= 0.3 is 0 Å². The smallest absolute Gasteiger partial charge is 0.249 e. The maximum absolute atomic E-state index is 13.3. The second kappa shape index (κ2) is 8.00. The molecule has 2 aromatic rings. The summed E-state index contributed by atoms with van der Waals surface area (Å²) in [5.41, 5.74) is 1.83. The highest BCUT2D eigenvalue weighted by atomic mass is 35.5. The molecular weight excluding hydrogens is 374 g/mol. The summed E-state index contributed by atoms with van der Waals surface area (Å²) in [7, 11) is 0. The highest BCUT2D eigenvalue weighted by molar-refractivity contribution is 6.30. The predicted molar refractivity (Wildman–Crippen MR) is 109 cm³/mol. The molecule has 1 aromatic heterocycles. The topological polar surface area (TPSA) is 54.3 Å². The number of benzene rings is 1. The largest absolute Gasteiger partial charge is 0.351 e. The van der Waals surface area contributed by atoms with E-state index < -0.39 is 6.04 Å². The molecule has 1 fully saturated rings. The average Bonchev–Trinajstić information content (AvgIpc) is 3.13. The van der Waals surface area contributed by atoms with E-state index in [2.05, 4.69) is 12.2 Å². The Morgan fingerprint density at radius 3 is 2.57 bits per heavy atom. The van der Waals surface area contributed by atoms with Crippen molar-refractivity contribution in [1.82, 2.24) is 14.8 Å². The van der Waals surface area contributed by atoms with Crippen LogP contribution in [0.3, 0.4) is 0 Å². The number of nitrogens with zero attached hydrogens (tertiary/aromatic N) is 2. The van der Waals surface area contributed by atoms with Gasteiger partial charge in [-0.25, -0.2) is 0 Å². The van der Waals surface area contributed by atoms with Gasteiger partial charge in [-0.1, -0.05) is 30.7 Å². The van der Waals surface area contributed by atoms with E-state index in [9.17, 15) is 9.59 Å². The van der Waals surface area contributed by atoms with Crippen LogP contribution in [-0.2, 0) is 22.7 Å². The van der Waals surface area contributed by atoms with E-state index in [1.807, 2.05) is 47.2 Å². The maximum atomic E-state index is 13.3. The minimum Gasteiger partial charge on any atom is -0.351 e. The van der Waals surface area contributed by atoms with Crippen LogP contribution in [0.25, 0.3) is 0 Å². The summed E-state index contributed by atoms with van der Waals surface area (Å²) in [6.45, 7) is 2.92. The third-order valence-corrected chi connectivity index (χ3v) is 6.21. The standard InChI is InChI=1S/C22H26ClN3O2/c1-15-4-10-18(11-5-15)24-22(28)21-19-3-2-12-25(19)14-20(27)26(21)13-16-6-8-17(23)9-7-16/h2-3,6-9,12,15,18,21H,4-5,10-11,13-14H2,1H3,(H,24,28)/t15?,18?,21-/m0/s1. The first-order chi connectivity index (χ1) is 13.5. The molecule has 0 unspecified atom stereocenters. The van der Waals surface area contributed by atoms with Gasteiger partial charge in [0, 0.05) is 23.8 Å². The molecule has 1 aliphatic heterocycles. The number of hydrogen-bond donors (Lipinski definition) is 1. The molecular formula is C22H26ClN3O2. The van der Waals surface area contributed by atoms with Crippen LogP contribution in [0, 0.1) is 5.92 Å². The molecule has 2 heterocycles. The number of aromatic nitrogens is 1. The van der Waals surface area contributed by atoms with Crippen molar-refractivity contribution >= 4 is 23.4 Å². The van der Waals surface area contributed by atoms with Crippen molar-refractivity contribution in [3.63, 3.8) is 0 Å². The molecule has 6 heteroatoms. The summed E-state index contributed by atoms with van der Waals surface area (Å²) in [5.74, 6) is 0.598. The zero-order chi connectivity index (χ0) is 19.7. The normalized spacial score (nSPS) is 24.7. The fourth-order valence-corrected chi connectivity index (χ4v) is 4.41. The molecule has 2 aliphatic rings. The van der Waals surface area contributed by atoms with E-state index in [1.54, 1.807) is 4.90 Å². The number of carbonyl (C=O) groups is 2. The fraction of sp³-hybridized carbons (Fsp3) is 0.455. The molecule has 0 radical (unpaired) electrons. The van der Waals surface area contributed by atoms with Crippen molar-refractivity contribution in [2.75, 3.05) is 0 Å². The second-order valence-electron chi connectivity index (χ2n) is 8.08. The lowest BCUT2D eigenvalue weighted by atomic mass is 9.87. The van der Waals surface area contributed by atoms with Crippen LogP contribution in [0.1, 0.15) is 49.9 Å². The third kappa shape index (κ3) is 3.95. The van der Waals surface area contributed by atoms with Gasteiger partial charge < -0.3 is 14.8 Å². The molecule has 148 valence electrons. The van der Waals surface area contributed by atoms with Crippen molar-refractivity contribution < 1.29 is 9.59 Å². The highest BCUT2D eigenvalue weighted by Crippen LogP contribution is 2.30. The summed E-state index contributed by atoms with van der Waals surface area (Å²) in [5, 5.41) is 3.87. The van der Waals surface area contributed by atoms with Crippen molar-refractivity contribution in [1.29, 1.82) is 0 Å². The highest BCUT2D eigenvalue weighted by Gasteiger charge is 2.38. The number of fused-ring (bicyclic) bond motifs is 1. The molecule has 4 rings (SSSR count). The zero-order valence-corrected chi connectivity index (χ0v) is 16.9. The summed E-state index contributed by atoms with van der Waals surface area (Å²) in [6, 6.07) is 10.9. The van der Waals surface area contributed by atoms with E-state index in [0.29, 0.717) is 11.6 Å². The Morgan fingerprint density at radius 1 is 1.14 bits per heavy atom. The van der Waals surface area contributed by atoms with E-state index in [4.69, 9.17) is 11.6 Å². The third-order valence-electron chi connectivity index (χ3n) is 5.96. The molecule has 1 saturated carbocycles. The van der Waals surface area contributed by atoms with Gasteiger partial charge in [0.1, 0.15) is 6.54 Å². The quantitative estimate of drug-likeness (QED) is 0.847. The second-order valence-corrected chi connectivity index (χ2v) is 8.51. The van der Waals surface area contributed by atoms with Gasteiger partial charge in [-0.3, -0.25) is 9.59 Å². The average molecular weight is 400 g/mol. The van der Waals surface area contributed by atoms with E-state index in [1.165, 1.54) is 0 Å². The van der Waals surface area contributed by atoms with E-state index in [-0.39, 0.29) is 24.4 Å². The number of halogens is 1. The monoisotopic (exact) mass is 399 g/mol. The Morgan fingerprint density at radius 2 is 1.86 bits per heavy atom. The van der Waals surface area contributed by atoms with Crippen LogP contribution in [0.15, 0.2) is 42.6 Å². The first kappa shape index (κ1) is 19.1. The number of nitrogens with one attached hydrogen (secondary N) is 1. The molecule has 2 amide bonds. The number of rotatable bonds is 4. The Kier molecular flexibility index (Phi) is 5.44. The van der Waals surface area contributed by atoms with E-state index >= 15 is 0 Å². The molecule has 1 atom stereocenters. The van der Waals surface area contributed by atoms with Gasteiger partial charge in [-0.05, 0) is 61.4 Å². The van der Waals surface area contributed by atoms with Gasteiger partial charge in [0.25, 0.3) is 0 Å². The minimum atomic E-state index is -0.605. The molecule has 5 nitrogen and oxygen atoms in total. The summed E-state index contributed by atoms with van der Waals surface area (Å²) < 4.78 is 1.88. The number of hydrogen-bond acceptors (Lipinski definition) is 2. The zero-order valence-electron chi connectivity index (χ0n) is 16.1. The van der Waals surface area contributed by atoms with Crippen molar-refractivity contribution in [2.45, 2.75) is 57.8 Å². The van der Waals surface area contributed by atoms with Gasteiger partial charge in [0.2, 0.25) is 11.8 Å². The van der Waals surface area contributed by atoms with Crippen LogP contribution in [0.5, 0.6) is 0 Å². The molecule has 0 bridgehead atoms. The molecule has 28 heavy (non-hydrogen) atoms. The first-order valence-electron chi connectivity index (χ1n) is 10.0. The van der Waals surface area contributed by atoms with Gasteiger partial charge in [0.05, 0.1) is 5.69 Å². The van der Waals surface area contributed by atoms with E-state index in [0.717, 1.165) is 42.9 Å². The number of carbonyl (C=O) groups excluding carboxylic acids is 2. The summed E-state index contributed by atoms with van der Waals surface area (Å²) in [6.07, 6.45) is 6.16. The molecule has 1 N–H and O–H groups in total. The Bertz CT molecular complexity index is 853. The Hall–Kier alpha value is -2.27. The van der Waals surface area contributed by atoms with Gasteiger partial charge in [-0.15, -0.1) is 0 Å². The molecule has 0 saturated heterocycles. The lowest BCUT2D eigenvalue weighted by molar-refractivity contribution is -0.144. The number of amides is 2. The van der Waals surface area contributed by atoms with Crippen LogP contribution < -0.4 is 5.32 Å². The minimum absolute atomic E-state index is 0.0453. The van der Waals surface area contributed by atoms with Crippen LogP contribution >= 0.6 is 11.6 Å². The lowest BCUT2D eigenvalue weighted by Gasteiger charge is -2.37. The first-order valence-corrected chi connectivity index (χ1v) is 10.4. The van der Waals surface area contributed by atoms with Crippen LogP contribution in [-0.4, -0.2) is 27.3 Å². The Labute approximate surface area is 170 Å². The van der Waals surface area contributed by atoms with Crippen molar-refractivity contribution in [3.8, 4) is 0 Å². The van der Waals surface area contributed by atoms with Gasteiger partial charge in [0.15, 0.2) is 6.04 Å². The summed E-state index contributed by atoms with van der Waals surface area (Å²) >= 11 is 5.99.